The number of nitrogens with one attached hydrogen (secondary N) is 1. The summed E-state index contributed by atoms with van der Waals surface area (Å²) in [4.78, 5) is 27.4. The van der Waals surface area contributed by atoms with E-state index in [0.29, 0.717) is 43.1 Å². The first-order chi connectivity index (χ1) is 12.4. The highest BCUT2D eigenvalue weighted by Crippen LogP contribution is 2.20. The summed E-state index contributed by atoms with van der Waals surface area (Å²) in [6.45, 7) is 3.42. The maximum absolute atomic E-state index is 13.4. The SMILES string of the molecule is CC(=O)c1cccc(NC(=O)N2CCN(c3ccc(F)c(F)c3)CC2)c1. The minimum absolute atomic E-state index is 0.0683. The Bertz CT molecular complexity index is 833. The molecule has 0 unspecified atom stereocenters. The number of Topliss-reactive ketones (excluding diaryl/α,β-unsaturated/α-hetero) is 1. The maximum Gasteiger partial charge on any atom is 0.321 e. The van der Waals surface area contributed by atoms with Crippen LogP contribution in [0.25, 0.3) is 0 Å². The molecule has 2 amide bonds. The van der Waals surface area contributed by atoms with Crippen molar-refractivity contribution in [2.24, 2.45) is 0 Å². The fourth-order valence-corrected chi connectivity index (χ4v) is 2.87. The van der Waals surface area contributed by atoms with Crippen LogP contribution >= 0.6 is 0 Å². The second-order valence-electron chi connectivity index (χ2n) is 6.14. The first kappa shape index (κ1) is 17.8. The Morgan fingerprint density at radius 1 is 0.962 bits per heavy atom. The summed E-state index contributed by atoms with van der Waals surface area (Å²) in [6.07, 6.45) is 0. The first-order valence-corrected chi connectivity index (χ1v) is 8.31. The monoisotopic (exact) mass is 359 g/mol. The molecular formula is C19H19F2N3O2. The van der Waals surface area contributed by atoms with E-state index in [2.05, 4.69) is 5.32 Å². The Balaban J connectivity index is 1.59. The molecule has 136 valence electrons. The van der Waals surface area contributed by atoms with Crippen molar-refractivity contribution in [1.82, 2.24) is 4.90 Å². The quantitative estimate of drug-likeness (QED) is 0.853. The van der Waals surface area contributed by atoms with Gasteiger partial charge < -0.3 is 15.1 Å². The first-order valence-electron chi connectivity index (χ1n) is 8.31. The molecular weight excluding hydrogens is 340 g/mol. The van der Waals surface area contributed by atoms with Crippen LogP contribution in [0.4, 0.5) is 25.0 Å². The van der Waals surface area contributed by atoms with Crippen LogP contribution in [0.1, 0.15) is 17.3 Å². The topological polar surface area (TPSA) is 52.7 Å². The lowest BCUT2D eigenvalue weighted by Gasteiger charge is -2.36. The van der Waals surface area contributed by atoms with E-state index < -0.39 is 11.6 Å². The molecule has 1 heterocycles. The summed E-state index contributed by atoms with van der Waals surface area (Å²) in [7, 11) is 0. The maximum atomic E-state index is 13.4. The molecule has 1 N–H and O–H groups in total. The van der Waals surface area contributed by atoms with Crippen LogP contribution in [0.5, 0.6) is 0 Å². The van der Waals surface area contributed by atoms with Crippen molar-refractivity contribution in [3.63, 3.8) is 0 Å². The van der Waals surface area contributed by atoms with Gasteiger partial charge in [0, 0.05) is 49.2 Å². The molecule has 1 aliphatic heterocycles. The number of hydrogen-bond acceptors (Lipinski definition) is 3. The highest BCUT2D eigenvalue weighted by Gasteiger charge is 2.22. The van der Waals surface area contributed by atoms with Gasteiger partial charge in [-0.25, -0.2) is 13.6 Å². The molecule has 26 heavy (non-hydrogen) atoms. The number of ketones is 1. The molecule has 1 aliphatic rings. The third-order valence-electron chi connectivity index (χ3n) is 4.36. The second kappa shape index (κ2) is 7.51. The molecule has 1 saturated heterocycles. The van der Waals surface area contributed by atoms with Gasteiger partial charge in [-0.3, -0.25) is 4.79 Å². The van der Waals surface area contributed by atoms with Crippen LogP contribution in [-0.2, 0) is 0 Å². The van der Waals surface area contributed by atoms with Gasteiger partial charge in [0.1, 0.15) is 0 Å². The van der Waals surface area contributed by atoms with Gasteiger partial charge in [-0.2, -0.15) is 0 Å². The highest BCUT2D eigenvalue weighted by atomic mass is 19.2. The predicted molar refractivity (Wildman–Crippen MR) is 95.6 cm³/mol. The van der Waals surface area contributed by atoms with Crippen molar-refractivity contribution < 1.29 is 18.4 Å². The minimum atomic E-state index is -0.881. The van der Waals surface area contributed by atoms with E-state index in [-0.39, 0.29) is 11.8 Å². The Morgan fingerprint density at radius 2 is 1.69 bits per heavy atom. The predicted octanol–water partition coefficient (Wildman–Crippen LogP) is 3.52. The molecule has 0 atom stereocenters. The van der Waals surface area contributed by atoms with Crippen molar-refractivity contribution in [2.75, 3.05) is 36.4 Å². The number of rotatable bonds is 3. The number of anilines is 2. The Morgan fingerprint density at radius 3 is 2.35 bits per heavy atom. The van der Waals surface area contributed by atoms with Gasteiger partial charge in [-0.15, -0.1) is 0 Å². The number of hydrogen-bond donors (Lipinski definition) is 1. The summed E-state index contributed by atoms with van der Waals surface area (Å²) in [6, 6.07) is 10.3. The molecule has 0 bridgehead atoms. The average Bonchev–Trinajstić information content (AvgIpc) is 2.64. The van der Waals surface area contributed by atoms with E-state index >= 15 is 0 Å². The smallest absolute Gasteiger partial charge is 0.321 e. The van der Waals surface area contributed by atoms with Gasteiger partial charge in [-0.1, -0.05) is 12.1 Å². The number of halogens is 2. The van der Waals surface area contributed by atoms with Gasteiger partial charge in [0.15, 0.2) is 17.4 Å². The average molecular weight is 359 g/mol. The third-order valence-corrected chi connectivity index (χ3v) is 4.36. The zero-order valence-electron chi connectivity index (χ0n) is 14.3. The third kappa shape index (κ3) is 3.99. The lowest BCUT2D eigenvalue weighted by Crippen LogP contribution is -2.50. The van der Waals surface area contributed by atoms with Crippen molar-refractivity contribution in [1.29, 1.82) is 0 Å². The van der Waals surface area contributed by atoms with Gasteiger partial charge in [-0.05, 0) is 31.2 Å². The Hall–Kier alpha value is -2.96. The molecule has 0 spiro atoms. The van der Waals surface area contributed by atoms with Crippen molar-refractivity contribution in [2.45, 2.75) is 6.92 Å². The highest BCUT2D eigenvalue weighted by molar-refractivity contribution is 5.96. The van der Waals surface area contributed by atoms with E-state index in [1.54, 1.807) is 29.2 Å². The normalized spacial score (nSPS) is 14.3. The number of nitrogens with zero attached hydrogens (tertiary/aromatic N) is 2. The van der Waals surface area contributed by atoms with Gasteiger partial charge in [0.25, 0.3) is 0 Å². The van der Waals surface area contributed by atoms with E-state index in [9.17, 15) is 18.4 Å². The van der Waals surface area contributed by atoms with Crippen molar-refractivity contribution in [3.8, 4) is 0 Å². The molecule has 1 fully saturated rings. The van der Waals surface area contributed by atoms with E-state index in [4.69, 9.17) is 0 Å². The summed E-state index contributed by atoms with van der Waals surface area (Å²) in [5.74, 6) is -1.83. The van der Waals surface area contributed by atoms with E-state index in [1.807, 2.05) is 4.90 Å². The molecule has 0 aliphatic carbocycles. The fraction of sp³-hybridized carbons (Fsp3) is 0.263. The number of benzene rings is 2. The van der Waals surface area contributed by atoms with E-state index in [1.165, 1.54) is 19.1 Å². The summed E-state index contributed by atoms with van der Waals surface area (Å²) >= 11 is 0. The zero-order chi connectivity index (χ0) is 18.7. The largest absolute Gasteiger partial charge is 0.368 e. The zero-order valence-corrected chi connectivity index (χ0v) is 14.3. The summed E-state index contributed by atoms with van der Waals surface area (Å²) in [5, 5.41) is 2.78. The van der Waals surface area contributed by atoms with Crippen LogP contribution in [0.2, 0.25) is 0 Å². The number of carbonyl (C=O) groups is 2. The molecule has 0 radical (unpaired) electrons. The lowest BCUT2D eigenvalue weighted by molar-refractivity contribution is 0.101. The van der Waals surface area contributed by atoms with Crippen LogP contribution in [0.3, 0.4) is 0 Å². The molecule has 3 rings (SSSR count). The number of piperazine rings is 1. The standard InChI is InChI=1S/C19H19F2N3O2/c1-13(25)14-3-2-4-15(11-14)22-19(26)24-9-7-23(8-10-24)16-5-6-17(20)18(21)12-16/h2-6,11-12H,7-10H2,1H3,(H,22,26). The van der Waals surface area contributed by atoms with Gasteiger partial charge in [0.2, 0.25) is 0 Å². The van der Waals surface area contributed by atoms with Crippen molar-refractivity contribution >= 4 is 23.2 Å². The van der Waals surface area contributed by atoms with Gasteiger partial charge in [0.05, 0.1) is 0 Å². The minimum Gasteiger partial charge on any atom is -0.368 e. The fourth-order valence-electron chi connectivity index (χ4n) is 2.87. The number of carbonyl (C=O) groups excluding carboxylic acids is 2. The molecule has 0 saturated carbocycles. The van der Waals surface area contributed by atoms with Crippen LogP contribution in [-0.4, -0.2) is 42.9 Å². The lowest BCUT2D eigenvalue weighted by atomic mass is 10.1. The summed E-state index contributed by atoms with van der Waals surface area (Å²) < 4.78 is 26.4. The molecule has 7 heteroatoms. The molecule has 5 nitrogen and oxygen atoms in total. The van der Waals surface area contributed by atoms with Crippen molar-refractivity contribution in [3.05, 3.63) is 59.7 Å². The molecule has 0 aromatic heterocycles. The summed E-state index contributed by atoms with van der Waals surface area (Å²) in [5.41, 5.74) is 1.69. The van der Waals surface area contributed by atoms with Crippen LogP contribution in [0, 0.1) is 11.6 Å². The van der Waals surface area contributed by atoms with E-state index in [0.717, 1.165) is 6.07 Å². The van der Waals surface area contributed by atoms with Crippen LogP contribution in [0.15, 0.2) is 42.5 Å². The molecule has 2 aromatic carbocycles. The number of urea groups is 1. The second-order valence-corrected chi connectivity index (χ2v) is 6.14. The molecule has 2 aromatic rings. The number of amides is 2. The Labute approximate surface area is 150 Å². The van der Waals surface area contributed by atoms with Gasteiger partial charge >= 0.3 is 6.03 Å². The van der Waals surface area contributed by atoms with Crippen LogP contribution < -0.4 is 10.2 Å². The Kier molecular flexibility index (Phi) is 5.16.